The number of hydrogen-bond donors (Lipinski definition) is 0. The van der Waals surface area contributed by atoms with Crippen molar-refractivity contribution < 1.29 is 0 Å². The zero-order valence-electron chi connectivity index (χ0n) is 11.3. The highest BCUT2D eigenvalue weighted by Gasteiger charge is 2.15. The van der Waals surface area contributed by atoms with Crippen molar-refractivity contribution in [2.24, 2.45) is 0 Å². The minimum Gasteiger partial charge on any atom is -0.103 e. The van der Waals surface area contributed by atoms with Crippen LogP contribution in [-0.4, -0.2) is 0 Å². The van der Waals surface area contributed by atoms with E-state index in [0.717, 1.165) is 12.8 Å². The van der Waals surface area contributed by atoms with Crippen LogP contribution in [0.1, 0.15) is 29.9 Å². The molecule has 19 heavy (non-hydrogen) atoms. The summed E-state index contributed by atoms with van der Waals surface area (Å²) in [6, 6.07) is 21.0. The molecule has 0 fully saturated rings. The van der Waals surface area contributed by atoms with E-state index < -0.39 is 0 Å². The van der Waals surface area contributed by atoms with Crippen LogP contribution in [0.15, 0.2) is 79.9 Å². The number of allylic oxidation sites excluding steroid dienone is 2. The summed E-state index contributed by atoms with van der Waals surface area (Å²) in [6.07, 6.45) is 4.04. The Kier molecular flexibility index (Phi) is 4.74. The first kappa shape index (κ1) is 13.4. The zero-order chi connectivity index (χ0) is 13.5. The lowest BCUT2D eigenvalue weighted by Gasteiger charge is -2.20. The maximum Gasteiger partial charge on any atom is 0.00923 e. The summed E-state index contributed by atoms with van der Waals surface area (Å²) in [5, 5.41) is 0. The third kappa shape index (κ3) is 3.45. The van der Waals surface area contributed by atoms with Crippen LogP contribution in [0.5, 0.6) is 0 Å². The fourth-order valence-electron chi connectivity index (χ4n) is 2.37. The maximum absolute atomic E-state index is 4.32. The quantitative estimate of drug-likeness (QED) is 0.596. The zero-order valence-corrected chi connectivity index (χ0v) is 11.3. The molecule has 0 nitrogen and oxygen atoms in total. The van der Waals surface area contributed by atoms with Crippen LogP contribution in [0.3, 0.4) is 0 Å². The average molecular weight is 248 g/mol. The van der Waals surface area contributed by atoms with E-state index >= 15 is 0 Å². The highest BCUT2D eigenvalue weighted by atomic mass is 14.2. The largest absolute Gasteiger partial charge is 0.103 e. The van der Waals surface area contributed by atoms with Crippen LogP contribution >= 0.6 is 0 Å². The lowest BCUT2D eigenvalue weighted by atomic mass is 9.84. The molecular weight excluding hydrogens is 228 g/mol. The van der Waals surface area contributed by atoms with Gasteiger partial charge in [0.05, 0.1) is 0 Å². The molecule has 0 bridgehead atoms. The molecular formula is C19H20. The molecule has 0 amide bonds. The smallest absolute Gasteiger partial charge is 0.00923 e. The first-order valence-electron chi connectivity index (χ1n) is 6.73. The summed E-state index contributed by atoms with van der Waals surface area (Å²) in [5.41, 5.74) is 3.74. The third-order valence-electron chi connectivity index (χ3n) is 3.43. The summed E-state index contributed by atoms with van der Waals surface area (Å²) in [5.74, 6) is 0.363. The van der Waals surface area contributed by atoms with Gasteiger partial charge in [0, 0.05) is 5.92 Å². The molecule has 0 saturated carbocycles. The Hall–Kier alpha value is -2.08. The van der Waals surface area contributed by atoms with Crippen molar-refractivity contribution in [2.45, 2.75) is 18.8 Å². The van der Waals surface area contributed by atoms with Gasteiger partial charge in [-0.3, -0.25) is 0 Å². The van der Waals surface area contributed by atoms with Crippen molar-refractivity contribution in [3.05, 3.63) is 91.0 Å². The number of hydrogen-bond acceptors (Lipinski definition) is 0. The SMILES string of the molecule is C=CCCC(C(=C)c1ccccc1)c1ccccc1. The second kappa shape index (κ2) is 6.75. The molecule has 0 aliphatic heterocycles. The lowest BCUT2D eigenvalue weighted by Crippen LogP contribution is -2.01. The molecule has 0 saturated heterocycles. The molecule has 2 rings (SSSR count). The number of benzene rings is 2. The number of rotatable bonds is 6. The fourth-order valence-corrected chi connectivity index (χ4v) is 2.37. The Balaban J connectivity index is 2.28. The van der Waals surface area contributed by atoms with Crippen LogP contribution in [0, 0.1) is 0 Å². The third-order valence-corrected chi connectivity index (χ3v) is 3.43. The molecule has 0 heteroatoms. The minimum absolute atomic E-state index is 0.363. The molecule has 0 N–H and O–H groups in total. The van der Waals surface area contributed by atoms with Crippen molar-refractivity contribution in [1.29, 1.82) is 0 Å². The molecule has 0 aromatic heterocycles. The van der Waals surface area contributed by atoms with Crippen molar-refractivity contribution >= 4 is 5.57 Å². The fraction of sp³-hybridized carbons (Fsp3) is 0.158. The van der Waals surface area contributed by atoms with Crippen LogP contribution < -0.4 is 0 Å². The second-order valence-electron chi connectivity index (χ2n) is 4.72. The van der Waals surface area contributed by atoms with Crippen LogP contribution in [0.2, 0.25) is 0 Å². The van der Waals surface area contributed by atoms with E-state index in [-0.39, 0.29) is 0 Å². The highest BCUT2D eigenvalue weighted by molar-refractivity contribution is 5.69. The van der Waals surface area contributed by atoms with Gasteiger partial charge in [-0.05, 0) is 29.5 Å². The van der Waals surface area contributed by atoms with E-state index in [0.29, 0.717) is 5.92 Å². The summed E-state index contributed by atoms with van der Waals surface area (Å²) >= 11 is 0. The predicted molar refractivity (Wildman–Crippen MR) is 84.1 cm³/mol. The molecule has 1 unspecified atom stereocenters. The van der Waals surface area contributed by atoms with E-state index in [9.17, 15) is 0 Å². The molecule has 1 atom stereocenters. The summed E-state index contributed by atoms with van der Waals surface area (Å²) < 4.78 is 0. The first-order chi connectivity index (χ1) is 9.33. The molecule has 0 heterocycles. The predicted octanol–water partition coefficient (Wildman–Crippen LogP) is 5.45. The van der Waals surface area contributed by atoms with E-state index in [1.165, 1.54) is 16.7 Å². The Morgan fingerprint density at radius 2 is 1.53 bits per heavy atom. The van der Waals surface area contributed by atoms with Gasteiger partial charge in [0.2, 0.25) is 0 Å². The summed E-state index contributed by atoms with van der Waals surface area (Å²) in [6.45, 7) is 8.15. The molecule has 2 aromatic rings. The van der Waals surface area contributed by atoms with E-state index in [1.54, 1.807) is 0 Å². The normalized spacial score (nSPS) is 11.8. The molecule has 0 aliphatic rings. The van der Waals surface area contributed by atoms with Crippen molar-refractivity contribution in [3.63, 3.8) is 0 Å². The van der Waals surface area contributed by atoms with Gasteiger partial charge in [-0.15, -0.1) is 6.58 Å². The lowest BCUT2D eigenvalue weighted by molar-refractivity contribution is 0.767. The van der Waals surface area contributed by atoms with E-state index in [2.05, 4.69) is 67.8 Å². The van der Waals surface area contributed by atoms with Crippen LogP contribution in [0.4, 0.5) is 0 Å². The monoisotopic (exact) mass is 248 g/mol. The molecule has 0 aliphatic carbocycles. The minimum atomic E-state index is 0.363. The molecule has 96 valence electrons. The van der Waals surface area contributed by atoms with Gasteiger partial charge in [-0.1, -0.05) is 73.3 Å². The van der Waals surface area contributed by atoms with Gasteiger partial charge < -0.3 is 0 Å². The van der Waals surface area contributed by atoms with Gasteiger partial charge in [0.1, 0.15) is 0 Å². The van der Waals surface area contributed by atoms with Crippen LogP contribution in [-0.2, 0) is 0 Å². The summed E-state index contributed by atoms with van der Waals surface area (Å²) in [4.78, 5) is 0. The van der Waals surface area contributed by atoms with Crippen molar-refractivity contribution in [3.8, 4) is 0 Å². The van der Waals surface area contributed by atoms with Gasteiger partial charge in [-0.25, -0.2) is 0 Å². The molecule has 0 radical (unpaired) electrons. The highest BCUT2D eigenvalue weighted by Crippen LogP contribution is 2.34. The average Bonchev–Trinajstić information content (AvgIpc) is 2.49. The Morgan fingerprint density at radius 3 is 2.11 bits per heavy atom. The first-order valence-corrected chi connectivity index (χ1v) is 6.73. The molecule has 0 spiro atoms. The van der Waals surface area contributed by atoms with E-state index in [1.807, 2.05) is 12.1 Å². The maximum atomic E-state index is 4.32. The Bertz CT molecular complexity index is 522. The standard InChI is InChI=1S/C19H20/c1-3-4-15-19(18-13-9-6-10-14-18)16(2)17-11-7-5-8-12-17/h3,5-14,19H,1-2,4,15H2. The van der Waals surface area contributed by atoms with E-state index in [4.69, 9.17) is 0 Å². The topological polar surface area (TPSA) is 0 Å². The Morgan fingerprint density at radius 1 is 0.947 bits per heavy atom. The second-order valence-corrected chi connectivity index (χ2v) is 4.72. The van der Waals surface area contributed by atoms with Gasteiger partial charge in [-0.2, -0.15) is 0 Å². The van der Waals surface area contributed by atoms with Crippen LogP contribution in [0.25, 0.3) is 5.57 Å². The van der Waals surface area contributed by atoms with Gasteiger partial charge in [0.25, 0.3) is 0 Å². The molecule has 2 aromatic carbocycles. The Labute approximate surface area is 116 Å². The van der Waals surface area contributed by atoms with Gasteiger partial charge in [0.15, 0.2) is 0 Å². The summed E-state index contributed by atoms with van der Waals surface area (Å²) in [7, 11) is 0. The van der Waals surface area contributed by atoms with Crippen molar-refractivity contribution in [2.75, 3.05) is 0 Å². The van der Waals surface area contributed by atoms with Gasteiger partial charge >= 0.3 is 0 Å². The van der Waals surface area contributed by atoms with Crippen molar-refractivity contribution in [1.82, 2.24) is 0 Å².